The summed E-state index contributed by atoms with van der Waals surface area (Å²) in [6, 6.07) is 4.04. The molecule has 3 heterocycles. The molecule has 0 atom stereocenters. The smallest absolute Gasteiger partial charge is 0.219 e. The molecule has 2 N–H and O–H groups in total. The van der Waals surface area contributed by atoms with Gasteiger partial charge in [0.05, 0.1) is 17.3 Å². The number of nitrogens with zero attached hydrogens (tertiary/aromatic N) is 4. The highest BCUT2D eigenvalue weighted by molar-refractivity contribution is 6.30. The number of aromatic nitrogens is 2. The molecule has 1 fully saturated rings. The molecule has 1 aliphatic rings. The first-order valence-corrected chi connectivity index (χ1v) is 8.79. The number of carbonyl (C=O) groups is 1. The van der Waals surface area contributed by atoms with Gasteiger partial charge >= 0.3 is 0 Å². The Morgan fingerprint density at radius 2 is 2.12 bits per heavy atom. The summed E-state index contributed by atoms with van der Waals surface area (Å²) < 4.78 is 1.91. The second-order valence-corrected chi connectivity index (χ2v) is 6.63. The van der Waals surface area contributed by atoms with Gasteiger partial charge in [0.25, 0.3) is 0 Å². The Kier molecular flexibility index (Phi) is 5.43. The molecule has 0 bridgehead atoms. The van der Waals surface area contributed by atoms with Crippen LogP contribution >= 0.6 is 11.6 Å². The maximum atomic E-state index is 11.4. The standard InChI is InChI=1S/C17H23ClN6O/c1-12(25)23-7-5-14(6-8-23)22-17(19-2)20-9-15-11-24-10-13(18)3-4-16(24)21-15/h3-4,10-11,14H,5-9H2,1-2H3,(H2,19,20,22). The summed E-state index contributed by atoms with van der Waals surface area (Å²) in [6.07, 6.45) is 5.64. The number of hydrogen-bond acceptors (Lipinski definition) is 3. The molecular formula is C17H23ClN6O. The Balaban J connectivity index is 1.53. The number of guanidine groups is 1. The van der Waals surface area contributed by atoms with E-state index in [4.69, 9.17) is 11.6 Å². The zero-order valence-electron chi connectivity index (χ0n) is 14.5. The van der Waals surface area contributed by atoms with E-state index in [0.717, 1.165) is 43.2 Å². The van der Waals surface area contributed by atoms with E-state index in [9.17, 15) is 4.79 Å². The van der Waals surface area contributed by atoms with Crippen LogP contribution in [0, 0.1) is 0 Å². The van der Waals surface area contributed by atoms with E-state index in [1.165, 1.54) is 0 Å². The van der Waals surface area contributed by atoms with Gasteiger partial charge in [-0.15, -0.1) is 0 Å². The third-order valence-corrected chi connectivity index (χ3v) is 4.63. The predicted octanol–water partition coefficient (Wildman–Crippen LogP) is 1.66. The number of amides is 1. The van der Waals surface area contributed by atoms with Crippen LogP contribution in [0.4, 0.5) is 0 Å². The van der Waals surface area contributed by atoms with Crippen molar-refractivity contribution in [1.82, 2.24) is 24.9 Å². The lowest BCUT2D eigenvalue weighted by atomic mass is 10.1. The Hall–Kier alpha value is -2.28. The van der Waals surface area contributed by atoms with Gasteiger partial charge in [0.15, 0.2) is 5.96 Å². The van der Waals surface area contributed by atoms with E-state index in [1.807, 2.05) is 33.8 Å². The first-order valence-electron chi connectivity index (χ1n) is 8.41. The minimum Gasteiger partial charge on any atom is -0.354 e. The molecule has 0 radical (unpaired) electrons. The Labute approximate surface area is 152 Å². The predicted molar refractivity (Wildman–Crippen MR) is 98.8 cm³/mol. The molecule has 2 aromatic heterocycles. The molecule has 8 heteroatoms. The third-order valence-electron chi connectivity index (χ3n) is 4.41. The van der Waals surface area contributed by atoms with Crippen LogP contribution in [0.1, 0.15) is 25.5 Å². The summed E-state index contributed by atoms with van der Waals surface area (Å²) in [5, 5.41) is 7.39. The van der Waals surface area contributed by atoms with Crippen molar-refractivity contribution in [1.29, 1.82) is 0 Å². The van der Waals surface area contributed by atoms with E-state index in [-0.39, 0.29) is 5.91 Å². The number of pyridine rings is 1. The molecule has 0 aromatic carbocycles. The second kappa shape index (κ2) is 7.74. The molecule has 1 saturated heterocycles. The fraction of sp³-hybridized carbons (Fsp3) is 0.471. The monoisotopic (exact) mass is 362 g/mol. The Bertz CT molecular complexity index is 779. The van der Waals surface area contributed by atoms with Gasteiger partial charge in [-0.2, -0.15) is 0 Å². The SMILES string of the molecule is CN=C(NCc1cn2cc(Cl)ccc2n1)NC1CCN(C(C)=O)CC1. The zero-order chi connectivity index (χ0) is 17.8. The highest BCUT2D eigenvalue weighted by Crippen LogP contribution is 2.12. The number of halogens is 1. The topological polar surface area (TPSA) is 74.0 Å². The van der Waals surface area contributed by atoms with Crippen LogP contribution in [-0.2, 0) is 11.3 Å². The molecular weight excluding hydrogens is 340 g/mol. The van der Waals surface area contributed by atoms with E-state index in [1.54, 1.807) is 14.0 Å². The highest BCUT2D eigenvalue weighted by atomic mass is 35.5. The van der Waals surface area contributed by atoms with Crippen molar-refractivity contribution in [2.24, 2.45) is 4.99 Å². The van der Waals surface area contributed by atoms with Gasteiger partial charge in [0, 0.05) is 45.5 Å². The number of rotatable bonds is 3. The molecule has 1 aliphatic heterocycles. The summed E-state index contributed by atoms with van der Waals surface area (Å²) in [5.74, 6) is 0.893. The van der Waals surface area contributed by atoms with Gasteiger partial charge in [0.1, 0.15) is 5.65 Å². The van der Waals surface area contributed by atoms with E-state index >= 15 is 0 Å². The van der Waals surface area contributed by atoms with Crippen molar-refractivity contribution in [2.45, 2.75) is 32.4 Å². The molecule has 0 aliphatic carbocycles. The van der Waals surface area contributed by atoms with Crippen molar-refractivity contribution >= 4 is 29.1 Å². The molecule has 0 unspecified atom stereocenters. The van der Waals surface area contributed by atoms with Crippen LogP contribution < -0.4 is 10.6 Å². The molecule has 1 amide bonds. The lowest BCUT2D eigenvalue weighted by Crippen LogP contribution is -2.49. The summed E-state index contributed by atoms with van der Waals surface area (Å²) in [6.45, 7) is 3.77. The fourth-order valence-electron chi connectivity index (χ4n) is 3.00. The van der Waals surface area contributed by atoms with Gasteiger partial charge in [-0.3, -0.25) is 9.79 Å². The third kappa shape index (κ3) is 4.42. The number of nitrogens with one attached hydrogen (secondary N) is 2. The number of carbonyl (C=O) groups excluding carboxylic acids is 1. The number of hydrogen-bond donors (Lipinski definition) is 2. The van der Waals surface area contributed by atoms with Crippen LogP contribution in [0.2, 0.25) is 5.02 Å². The van der Waals surface area contributed by atoms with Crippen LogP contribution in [0.5, 0.6) is 0 Å². The Morgan fingerprint density at radius 1 is 1.36 bits per heavy atom. The van der Waals surface area contributed by atoms with Crippen molar-refractivity contribution in [3.63, 3.8) is 0 Å². The summed E-state index contributed by atoms with van der Waals surface area (Å²) in [5.41, 5.74) is 1.78. The van der Waals surface area contributed by atoms with Crippen molar-refractivity contribution in [3.8, 4) is 0 Å². The first kappa shape index (κ1) is 17.5. The Morgan fingerprint density at radius 3 is 2.80 bits per heavy atom. The maximum absolute atomic E-state index is 11.4. The maximum Gasteiger partial charge on any atom is 0.219 e. The minimum atomic E-state index is 0.146. The van der Waals surface area contributed by atoms with Gasteiger partial charge in [0.2, 0.25) is 5.91 Å². The molecule has 134 valence electrons. The number of fused-ring (bicyclic) bond motifs is 1. The summed E-state index contributed by atoms with van der Waals surface area (Å²) in [4.78, 5) is 22.1. The largest absolute Gasteiger partial charge is 0.354 e. The lowest BCUT2D eigenvalue weighted by Gasteiger charge is -2.32. The summed E-state index contributed by atoms with van der Waals surface area (Å²) >= 11 is 6.00. The number of likely N-dealkylation sites (tertiary alicyclic amines) is 1. The fourth-order valence-corrected chi connectivity index (χ4v) is 3.17. The lowest BCUT2D eigenvalue weighted by molar-refractivity contribution is -0.129. The van der Waals surface area contributed by atoms with Crippen molar-refractivity contribution in [3.05, 3.63) is 35.2 Å². The minimum absolute atomic E-state index is 0.146. The van der Waals surface area contributed by atoms with E-state index < -0.39 is 0 Å². The molecule has 0 spiro atoms. The second-order valence-electron chi connectivity index (χ2n) is 6.20. The summed E-state index contributed by atoms with van der Waals surface area (Å²) in [7, 11) is 1.75. The van der Waals surface area contributed by atoms with Crippen LogP contribution in [0.3, 0.4) is 0 Å². The average molecular weight is 363 g/mol. The van der Waals surface area contributed by atoms with Gasteiger partial charge in [-0.25, -0.2) is 4.98 Å². The van der Waals surface area contributed by atoms with Crippen molar-refractivity contribution < 1.29 is 4.79 Å². The average Bonchev–Trinajstić information content (AvgIpc) is 3.00. The number of aliphatic imine (C=N–C) groups is 1. The van der Waals surface area contributed by atoms with Crippen LogP contribution in [0.15, 0.2) is 29.5 Å². The number of piperidine rings is 1. The van der Waals surface area contributed by atoms with Crippen LogP contribution in [-0.4, -0.2) is 52.3 Å². The molecule has 7 nitrogen and oxygen atoms in total. The molecule has 25 heavy (non-hydrogen) atoms. The zero-order valence-corrected chi connectivity index (χ0v) is 15.3. The molecule has 3 rings (SSSR count). The van der Waals surface area contributed by atoms with E-state index in [2.05, 4.69) is 20.6 Å². The molecule has 0 saturated carbocycles. The highest BCUT2D eigenvalue weighted by Gasteiger charge is 2.21. The van der Waals surface area contributed by atoms with Crippen molar-refractivity contribution in [2.75, 3.05) is 20.1 Å². The normalized spacial score (nSPS) is 16.3. The van der Waals surface area contributed by atoms with Gasteiger partial charge in [-0.1, -0.05) is 11.6 Å². The number of imidazole rings is 1. The molecule has 2 aromatic rings. The van der Waals surface area contributed by atoms with Crippen LogP contribution in [0.25, 0.3) is 5.65 Å². The van der Waals surface area contributed by atoms with E-state index in [0.29, 0.717) is 17.6 Å². The first-order chi connectivity index (χ1) is 12.0. The quantitative estimate of drug-likeness (QED) is 0.643. The van der Waals surface area contributed by atoms with Gasteiger partial charge in [-0.05, 0) is 25.0 Å². The van der Waals surface area contributed by atoms with Gasteiger partial charge < -0.3 is 19.9 Å².